The molecule has 0 saturated heterocycles. The summed E-state index contributed by atoms with van der Waals surface area (Å²) in [5.41, 5.74) is 1.73. The number of carbonyl (C=O) groups is 3. The fourth-order valence-corrected chi connectivity index (χ4v) is 2.60. The van der Waals surface area contributed by atoms with Crippen LogP contribution in [-0.4, -0.2) is 36.3 Å². The Morgan fingerprint density at radius 2 is 1.50 bits per heavy atom. The van der Waals surface area contributed by atoms with Crippen molar-refractivity contribution < 1.29 is 19.1 Å². The zero-order valence-electron chi connectivity index (χ0n) is 13.1. The highest BCUT2D eigenvalue weighted by Crippen LogP contribution is 2.24. The smallest absolute Gasteiger partial charge is 0.335 e. The van der Waals surface area contributed by atoms with Crippen LogP contribution in [0, 0.1) is 0 Å². The number of nitrogens with zero attached hydrogens (tertiary/aromatic N) is 1. The number of ether oxygens (including phenoxy) is 1. The van der Waals surface area contributed by atoms with Gasteiger partial charge in [-0.1, -0.05) is 42.5 Å². The van der Waals surface area contributed by atoms with Gasteiger partial charge >= 0.3 is 5.97 Å². The zero-order valence-corrected chi connectivity index (χ0v) is 13.1. The third kappa shape index (κ3) is 2.84. The first-order valence-electron chi connectivity index (χ1n) is 7.41. The second kappa shape index (κ2) is 6.50. The van der Waals surface area contributed by atoms with E-state index in [1.54, 1.807) is 30.3 Å². The van der Waals surface area contributed by atoms with Crippen LogP contribution in [0.25, 0.3) is 6.08 Å². The minimum Gasteiger partial charge on any atom is -0.466 e. The molecule has 0 bridgehead atoms. The van der Waals surface area contributed by atoms with E-state index >= 15 is 0 Å². The number of imide groups is 1. The van der Waals surface area contributed by atoms with Crippen molar-refractivity contribution in [3.8, 4) is 0 Å². The number of carbonyl (C=O) groups excluding carboxylic acids is 3. The molecule has 2 aromatic carbocycles. The molecule has 0 saturated carbocycles. The largest absolute Gasteiger partial charge is 0.466 e. The molecule has 5 nitrogen and oxygen atoms in total. The van der Waals surface area contributed by atoms with Gasteiger partial charge in [-0.15, -0.1) is 0 Å². The molecule has 1 aliphatic heterocycles. The lowest BCUT2D eigenvalue weighted by atomic mass is 10.1. The molecule has 0 fully saturated rings. The summed E-state index contributed by atoms with van der Waals surface area (Å²) < 4.78 is 4.79. The maximum absolute atomic E-state index is 12.4. The van der Waals surface area contributed by atoms with Crippen molar-refractivity contribution in [1.82, 2.24) is 4.90 Å². The van der Waals surface area contributed by atoms with Crippen LogP contribution in [-0.2, 0) is 9.53 Å². The van der Waals surface area contributed by atoms with Gasteiger partial charge in [0.15, 0.2) is 0 Å². The number of esters is 1. The Morgan fingerprint density at radius 3 is 2.04 bits per heavy atom. The van der Waals surface area contributed by atoms with Crippen LogP contribution >= 0.6 is 0 Å². The average molecular weight is 321 g/mol. The van der Waals surface area contributed by atoms with Gasteiger partial charge in [-0.05, 0) is 23.8 Å². The van der Waals surface area contributed by atoms with Crippen molar-refractivity contribution in [3.63, 3.8) is 0 Å². The van der Waals surface area contributed by atoms with Gasteiger partial charge in [0.1, 0.15) is 0 Å². The predicted molar refractivity (Wildman–Crippen MR) is 88.2 cm³/mol. The fourth-order valence-electron chi connectivity index (χ4n) is 2.60. The third-order valence-electron chi connectivity index (χ3n) is 3.79. The molecule has 0 N–H and O–H groups in total. The van der Waals surface area contributed by atoms with E-state index in [-0.39, 0.29) is 12.1 Å². The normalized spacial score (nSPS) is 13.9. The van der Waals surface area contributed by atoms with Crippen molar-refractivity contribution in [2.24, 2.45) is 0 Å². The highest BCUT2D eigenvalue weighted by Gasteiger charge is 2.36. The first-order chi connectivity index (χ1) is 11.6. The van der Waals surface area contributed by atoms with Gasteiger partial charge in [0.25, 0.3) is 11.8 Å². The molecule has 0 unspecified atom stereocenters. The van der Waals surface area contributed by atoms with Gasteiger partial charge in [-0.25, -0.2) is 4.79 Å². The SMILES string of the molecule is COC(=O)C(=Cc1ccccc1)CN1C(=O)c2ccccc2C1=O. The minimum atomic E-state index is -0.574. The summed E-state index contributed by atoms with van der Waals surface area (Å²) in [6, 6.07) is 15.8. The summed E-state index contributed by atoms with van der Waals surface area (Å²) in [5.74, 6) is -1.38. The van der Waals surface area contributed by atoms with Crippen LogP contribution < -0.4 is 0 Å². The predicted octanol–water partition coefficient (Wildman–Crippen LogP) is 2.54. The number of methoxy groups -OCH3 is 1. The molecular weight excluding hydrogens is 306 g/mol. The van der Waals surface area contributed by atoms with Crippen molar-refractivity contribution in [2.45, 2.75) is 0 Å². The Labute approximate surface area is 139 Å². The van der Waals surface area contributed by atoms with Crippen molar-refractivity contribution in [3.05, 3.63) is 76.9 Å². The van der Waals surface area contributed by atoms with Crippen molar-refractivity contribution >= 4 is 23.9 Å². The van der Waals surface area contributed by atoms with Crippen molar-refractivity contribution in [2.75, 3.05) is 13.7 Å². The van der Waals surface area contributed by atoms with E-state index in [2.05, 4.69) is 0 Å². The van der Waals surface area contributed by atoms with E-state index in [1.807, 2.05) is 30.3 Å². The molecule has 3 rings (SSSR count). The zero-order chi connectivity index (χ0) is 17.1. The molecule has 120 valence electrons. The molecule has 0 aromatic heterocycles. The molecule has 0 spiro atoms. The van der Waals surface area contributed by atoms with Crippen LogP contribution in [0.15, 0.2) is 60.2 Å². The number of amides is 2. The number of hydrogen-bond donors (Lipinski definition) is 0. The Hall–Kier alpha value is -3.21. The summed E-state index contributed by atoms with van der Waals surface area (Å²) in [6.45, 7) is -0.131. The second-order valence-electron chi connectivity index (χ2n) is 5.31. The maximum atomic E-state index is 12.4. The molecule has 2 aromatic rings. The van der Waals surface area contributed by atoms with Gasteiger partial charge in [0, 0.05) is 0 Å². The summed E-state index contributed by atoms with van der Waals surface area (Å²) in [6.07, 6.45) is 1.62. The van der Waals surface area contributed by atoms with E-state index in [9.17, 15) is 14.4 Å². The molecule has 1 aliphatic rings. The second-order valence-corrected chi connectivity index (χ2v) is 5.31. The van der Waals surface area contributed by atoms with E-state index in [1.165, 1.54) is 7.11 Å². The average Bonchev–Trinajstić information content (AvgIpc) is 2.86. The topological polar surface area (TPSA) is 63.7 Å². The lowest BCUT2D eigenvalue weighted by Gasteiger charge is -2.15. The Kier molecular flexibility index (Phi) is 4.24. The Balaban J connectivity index is 1.92. The van der Waals surface area contributed by atoms with Crippen LogP contribution in [0.1, 0.15) is 26.3 Å². The van der Waals surface area contributed by atoms with Crippen molar-refractivity contribution in [1.29, 1.82) is 0 Å². The van der Waals surface area contributed by atoms with Crippen LogP contribution in [0.2, 0.25) is 0 Å². The molecule has 1 heterocycles. The molecule has 24 heavy (non-hydrogen) atoms. The first kappa shape index (κ1) is 15.7. The van der Waals surface area contributed by atoms with Gasteiger partial charge in [0.2, 0.25) is 0 Å². The Morgan fingerprint density at radius 1 is 0.958 bits per heavy atom. The molecule has 2 amide bonds. The number of benzene rings is 2. The maximum Gasteiger partial charge on any atom is 0.335 e. The lowest BCUT2D eigenvalue weighted by molar-refractivity contribution is -0.136. The molecule has 0 radical (unpaired) electrons. The number of rotatable bonds is 4. The van der Waals surface area contributed by atoms with Crippen LogP contribution in [0.4, 0.5) is 0 Å². The quantitative estimate of drug-likeness (QED) is 0.493. The summed E-state index contributed by atoms with van der Waals surface area (Å²) in [7, 11) is 1.27. The van der Waals surface area contributed by atoms with E-state index in [4.69, 9.17) is 4.74 Å². The van der Waals surface area contributed by atoms with Crippen LogP contribution in [0.3, 0.4) is 0 Å². The first-order valence-corrected chi connectivity index (χ1v) is 7.41. The van der Waals surface area contributed by atoms with Gasteiger partial charge in [-0.3, -0.25) is 14.5 Å². The molecular formula is C19H15NO4. The third-order valence-corrected chi connectivity index (χ3v) is 3.79. The van der Waals surface area contributed by atoms with E-state index in [0.29, 0.717) is 11.1 Å². The van der Waals surface area contributed by atoms with E-state index < -0.39 is 17.8 Å². The van der Waals surface area contributed by atoms with Gasteiger partial charge in [0.05, 0.1) is 30.4 Å². The standard InChI is InChI=1S/C19H15NO4/c1-24-19(23)14(11-13-7-3-2-4-8-13)12-20-17(21)15-9-5-6-10-16(15)18(20)22/h2-11H,12H2,1H3. The minimum absolute atomic E-state index is 0.131. The van der Waals surface area contributed by atoms with Gasteiger partial charge in [-0.2, -0.15) is 0 Å². The molecule has 5 heteroatoms. The highest BCUT2D eigenvalue weighted by molar-refractivity contribution is 6.21. The van der Waals surface area contributed by atoms with Gasteiger partial charge < -0.3 is 4.74 Å². The summed E-state index contributed by atoms with van der Waals surface area (Å²) >= 11 is 0. The summed E-state index contributed by atoms with van der Waals surface area (Å²) in [4.78, 5) is 38.0. The molecule has 0 atom stereocenters. The molecule has 0 aliphatic carbocycles. The Bertz CT molecular complexity index is 804. The number of fused-ring (bicyclic) bond motifs is 1. The lowest BCUT2D eigenvalue weighted by Crippen LogP contribution is -2.33. The monoisotopic (exact) mass is 321 g/mol. The number of hydrogen-bond acceptors (Lipinski definition) is 4. The van der Waals surface area contributed by atoms with E-state index in [0.717, 1.165) is 10.5 Å². The summed E-state index contributed by atoms with van der Waals surface area (Å²) in [5, 5.41) is 0. The fraction of sp³-hybridized carbons (Fsp3) is 0.105. The van der Waals surface area contributed by atoms with Crippen LogP contribution in [0.5, 0.6) is 0 Å². The highest BCUT2D eigenvalue weighted by atomic mass is 16.5.